The van der Waals surface area contributed by atoms with Crippen LogP contribution in [-0.2, 0) is 14.8 Å². The average molecular weight is 357 g/mol. The van der Waals surface area contributed by atoms with Gasteiger partial charge in [-0.1, -0.05) is 0 Å². The summed E-state index contributed by atoms with van der Waals surface area (Å²) in [6, 6.07) is 5.80. The number of hydrogen-bond acceptors (Lipinski definition) is 5. The third-order valence-corrected chi connectivity index (χ3v) is 4.59. The molecule has 1 aromatic rings. The van der Waals surface area contributed by atoms with Gasteiger partial charge in [-0.3, -0.25) is 9.10 Å². The summed E-state index contributed by atoms with van der Waals surface area (Å²) in [5.41, 5.74) is 0.427. The molecule has 0 aliphatic rings. The topological polar surface area (TPSA) is 79.0 Å². The van der Waals surface area contributed by atoms with Gasteiger partial charge < -0.3 is 15.0 Å². The Morgan fingerprint density at radius 3 is 2.29 bits per heavy atom. The number of amides is 1. The van der Waals surface area contributed by atoms with Crippen molar-refractivity contribution in [1.82, 2.24) is 10.2 Å². The molecule has 1 rings (SSSR count). The van der Waals surface area contributed by atoms with Gasteiger partial charge in [0.1, 0.15) is 11.8 Å². The Morgan fingerprint density at radius 1 is 1.25 bits per heavy atom. The van der Waals surface area contributed by atoms with Gasteiger partial charge in [0.25, 0.3) is 0 Å². The van der Waals surface area contributed by atoms with Crippen LogP contribution in [0.5, 0.6) is 5.75 Å². The lowest BCUT2D eigenvalue weighted by molar-refractivity contribution is -0.121. The Morgan fingerprint density at radius 2 is 1.83 bits per heavy atom. The summed E-state index contributed by atoms with van der Waals surface area (Å²) in [6.45, 7) is 5.11. The number of nitrogens with one attached hydrogen (secondary N) is 1. The fourth-order valence-corrected chi connectivity index (χ4v) is 3.39. The molecule has 0 aliphatic carbocycles. The van der Waals surface area contributed by atoms with Crippen LogP contribution < -0.4 is 14.4 Å². The van der Waals surface area contributed by atoms with Crippen LogP contribution in [0.15, 0.2) is 24.3 Å². The van der Waals surface area contributed by atoms with Crippen LogP contribution in [0.25, 0.3) is 0 Å². The number of ether oxygens (including phenoxy) is 1. The Hall–Kier alpha value is -1.80. The van der Waals surface area contributed by atoms with Gasteiger partial charge in [-0.05, 0) is 52.2 Å². The van der Waals surface area contributed by atoms with Crippen LogP contribution in [0.4, 0.5) is 5.69 Å². The van der Waals surface area contributed by atoms with Crippen LogP contribution in [0.2, 0.25) is 0 Å². The van der Waals surface area contributed by atoms with Crippen molar-refractivity contribution in [3.8, 4) is 5.75 Å². The largest absolute Gasteiger partial charge is 0.494 e. The Bertz CT molecular complexity index is 629. The van der Waals surface area contributed by atoms with Crippen molar-refractivity contribution >= 4 is 21.6 Å². The van der Waals surface area contributed by atoms with E-state index >= 15 is 0 Å². The maximum absolute atomic E-state index is 12.3. The molecule has 0 fully saturated rings. The molecule has 1 unspecified atom stereocenters. The van der Waals surface area contributed by atoms with Crippen molar-refractivity contribution in [3.63, 3.8) is 0 Å². The van der Waals surface area contributed by atoms with E-state index in [1.54, 1.807) is 31.2 Å². The molecule has 0 aromatic heterocycles. The Kier molecular flexibility index (Phi) is 7.50. The number of sulfonamides is 1. The molecule has 1 amide bonds. The van der Waals surface area contributed by atoms with Gasteiger partial charge in [0.15, 0.2) is 0 Å². The fourth-order valence-electron chi connectivity index (χ4n) is 2.22. The lowest BCUT2D eigenvalue weighted by atomic mass is 10.2. The third-order valence-electron chi connectivity index (χ3n) is 3.35. The number of likely N-dealkylation sites (N-methyl/N-ethyl adjacent to an activating group) is 1. The zero-order valence-corrected chi connectivity index (χ0v) is 15.8. The number of hydrogen-bond donors (Lipinski definition) is 1. The summed E-state index contributed by atoms with van der Waals surface area (Å²) in [6.07, 6.45) is 1.09. The molecule has 0 bridgehead atoms. The summed E-state index contributed by atoms with van der Waals surface area (Å²) in [4.78, 5) is 14.2. The van der Waals surface area contributed by atoms with E-state index in [0.29, 0.717) is 31.1 Å². The summed E-state index contributed by atoms with van der Waals surface area (Å²) in [5.74, 6) is 0.314. The van der Waals surface area contributed by atoms with E-state index in [4.69, 9.17) is 4.74 Å². The number of nitrogens with zero attached hydrogens (tertiary/aromatic N) is 2. The molecule has 0 spiro atoms. The van der Waals surface area contributed by atoms with E-state index < -0.39 is 16.1 Å². The molecule has 0 heterocycles. The van der Waals surface area contributed by atoms with Crippen LogP contribution in [-0.4, -0.2) is 65.3 Å². The second kappa shape index (κ2) is 8.89. The highest BCUT2D eigenvalue weighted by atomic mass is 32.2. The third kappa shape index (κ3) is 6.01. The monoisotopic (exact) mass is 357 g/mol. The predicted octanol–water partition coefficient (Wildman–Crippen LogP) is 0.918. The zero-order valence-electron chi connectivity index (χ0n) is 14.9. The lowest BCUT2D eigenvalue weighted by Crippen LogP contribution is -2.48. The van der Waals surface area contributed by atoms with Gasteiger partial charge >= 0.3 is 0 Å². The molecule has 7 nitrogen and oxygen atoms in total. The number of carbonyl (C=O) groups excluding carboxylic acids is 1. The molecule has 0 saturated carbocycles. The summed E-state index contributed by atoms with van der Waals surface area (Å²) < 4.78 is 30.8. The van der Waals surface area contributed by atoms with E-state index in [-0.39, 0.29) is 5.91 Å². The number of rotatable bonds is 9. The molecule has 24 heavy (non-hydrogen) atoms. The molecule has 136 valence electrons. The normalized spacial score (nSPS) is 12.8. The zero-order chi connectivity index (χ0) is 18.3. The SMILES string of the molecule is CCOc1ccc(N(C(C)C(=O)NCCN(C)C)S(C)(=O)=O)cc1. The van der Waals surface area contributed by atoms with Crippen LogP contribution in [0.1, 0.15) is 13.8 Å². The highest BCUT2D eigenvalue weighted by Gasteiger charge is 2.28. The lowest BCUT2D eigenvalue weighted by Gasteiger charge is -2.28. The minimum atomic E-state index is -3.61. The molecule has 0 aliphatic heterocycles. The van der Waals surface area contributed by atoms with Crippen molar-refractivity contribution in [2.45, 2.75) is 19.9 Å². The summed E-state index contributed by atoms with van der Waals surface area (Å²) in [5, 5.41) is 2.76. The maximum atomic E-state index is 12.3. The van der Waals surface area contributed by atoms with E-state index in [2.05, 4.69) is 5.32 Å². The molecular formula is C16H27N3O4S. The second-order valence-electron chi connectivity index (χ2n) is 5.76. The first-order chi connectivity index (χ1) is 11.2. The highest BCUT2D eigenvalue weighted by molar-refractivity contribution is 7.92. The van der Waals surface area contributed by atoms with E-state index in [0.717, 1.165) is 10.6 Å². The molecule has 8 heteroatoms. The Labute approximate surface area is 144 Å². The van der Waals surface area contributed by atoms with Crippen molar-refractivity contribution in [2.75, 3.05) is 44.4 Å². The van der Waals surface area contributed by atoms with E-state index in [1.807, 2.05) is 25.9 Å². The van der Waals surface area contributed by atoms with E-state index in [1.165, 1.54) is 0 Å². The summed E-state index contributed by atoms with van der Waals surface area (Å²) in [7, 11) is 0.195. The van der Waals surface area contributed by atoms with Gasteiger partial charge in [0.05, 0.1) is 18.6 Å². The van der Waals surface area contributed by atoms with Gasteiger partial charge in [-0.25, -0.2) is 8.42 Å². The number of benzene rings is 1. The van der Waals surface area contributed by atoms with Crippen molar-refractivity contribution in [1.29, 1.82) is 0 Å². The van der Waals surface area contributed by atoms with Gasteiger partial charge in [0, 0.05) is 13.1 Å². The van der Waals surface area contributed by atoms with Crippen molar-refractivity contribution in [3.05, 3.63) is 24.3 Å². The molecule has 1 aromatic carbocycles. The quantitative estimate of drug-likeness (QED) is 0.711. The first-order valence-electron chi connectivity index (χ1n) is 7.81. The molecule has 0 radical (unpaired) electrons. The number of anilines is 1. The van der Waals surface area contributed by atoms with E-state index in [9.17, 15) is 13.2 Å². The minimum absolute atomic E-state index is 0.337. The fraction of sp³-hybridized carbons (Fsp3) is 0.562. The first-order valence-corrected chi connectivity index (χ1v) is 9.66. The predicted molar refractivity (Wildman–Crippen MR) is 96.0 cm³/mol. The van der Waals surface area contributed by atoms with Crippen LogP contribution in [0.3, 0.4) is 0 Å². The van der Waals surface area contributed by atoms with Crippen molar-refractivity contribution in [2.24, 2.45) is 0 Å². The van der Waals surface area contributed by atoms with Gasteiger partial charge in [0.2, 0.25) is 15.9 Å². The van der Waals surface area contributed by atoms with Crippen LogP contribution in [0, 0.1) is 0 Å². The highest BCUT2D eigenvalue weighted by Crippen LogP contribution is 2.24. The van der Waals surface area contributed by atoms with Gasteiger partial charge in [-0.15, -0.1) is 0 Å². The van der Waals surface area contributed by atoms with Crippen molar-refractivity contribution < 1.29 is 17.9 Å². The minimum Gasteiger partial charge on any atom is -0.494 e. The number of carbonyl (C=O) groups is 1. The molecule has 1 N–H and O–H groups in total. The smallest absolute Gasteiger partial charge is 0.243 e. The Balaban J connectivity index is 2.94. The first kappa shape index (κ1) is 20.2. The second-order valence-corrected chi connectivity index (χ2v) is 7.62. The van der Waals surface area contributed by atoms with Gasteiger partial charge in [-0.2, -0.15) is 0 Å². The molecular weight excluding hydrogens is 330 g/mol. The van der Waals surface area contributed by atoms with Crippen LogP contribution >= 0.6 is 0 Å². The molecule has 0 saturated heterocycles. The average Bonchev–Trinajstić information content (AvgIpc) is 2.47. The molecule has 1 atom stereocenters. The summed E-state index contributed by atoms with van der Waals surface area (Å²) >= 11 is 0. The standard InChI is InChI=1S/C16H27N3O4S/c1-6-23-15-9-7-14(8-10-15)19(24(5,21)22)13(2)16(20)17-11-12-18(3)4/h7-10,13H,6,11-12H2,1-5H3,(H,17,20). The maximum Gasteiger partial charge on any atom is 0.243 e.